The first-order valence-electron chi connectivity index (χ1n) is 6.95. The molecule has 0 saturated heterocycles. The van der Waals surface area contributed by atoms with Gasteiger partial charge in [0.1, 0.15) is 0 Å². The number of nitrogens with zero attached hydrogens (tertiary/aromatic N) is 2. The number of hydrogen-bond donors (Lipinski definition) is 2. The molecule has 0 unspecified atom stereocenters. The van der Waals surface area contributed by atoms with Crippen LogP contribution in [-0.2, 0) is 0 Å². The Morgan fingerprint density at radius 2 is 1.61 bits per heavy atom. The smallest absolute Gasteiger partial charge is 0.190 e. The van der Waals surface area contributed by atoms with E-state index in [9.17, 15) is 0 Å². The van der Waals surface area contributed by atoms with Crippen molar-refractivity contribution in [1.29, 1.82) is 0 Å². The summed E-state index contributed by atoms with van der Waals surface area (Å²) in [6.45, 7) is 12.1. The number of halogens is 1. The van der Waals surface area contributed by atoms with Crippen molar-refractivity contribution < 1.29 is 0 Å². The average Bonchev–Trinajstić information content (AvgIpc) is 2.37. The van der Waals surface area contributed by atoms with Crippen LogP contribution in [0.3, 0.4) is 0 Å². The summed E-state index contributed by atoms with van der Waals surface area (Å²) in [6.07, 6.45) is 3.57. The molecule has 0 bridgehead atoms. The van der Waals surface area contributed by atoms with Crippen LogP contribution in [-0.4, -0.2) is 50.6 Å². The van der Waals surface area contributed by atoms with Crippen LogP contribution in [0.4, 0.5) is 0 Å². The lowest BCUT2D eigenvalue weighted by Crippen LogP contribution is -2.38. The molecule has 0 amide bonds. The third-order valence-electron chi connectivity index (χ3n) is 2.85. The van der Waals surface area contributed by atoms with Crippen LogP contribution in [0.5, 0.6) is 0 Å². The minimum absolute atomic E-state index is 0. The summed E-state index contributed by atoms with van der Waals surface area (Å²) in [5.41, 5.74) is 0. The summed E-state index contributed by atoms with van der Waals surface area (Å²) in [6, 6.07) is 0. The van der Waals surface area contributed by atoms with E-state index in [1.807, 2.05) is 7.05 Å². The van der Waals surface area contributed by atoms with Crippen LogP contribution >= 0.6 is 24.0 Å². The SMILES string of the molecule is CCCNC(=NC)NCCCCN(CC)CC.I. The Labute approximate surface area is 130 Å². The summed E-state index contributed by atoms with van der Waals surface area (Å²) in [7, 11) is 1.82. The van der Waals surface area contributed by atoms with Gasteiger partial charge >= 0.3 is 0 Å². The molecule has 0 aromatic heterocycles. The summed E-state index contributed by atoms with van der Waals surface area (Å²) < 4.78 is 0. The van der Waals surface area contributed by atoms with Crippen LogP contribution in [0.25, 0.3) is 0 Å². The molecule has 0 heterocycles. The molecule has 2 N–H and O–H groups in total. The van der Waals surface area contributed by atoms with Gasteiger partial charge in [-0.3, -0.25) is 4.99 Å². The van der Waals surface area contributed by atoms with Gasteiger partial charge in [0.2, 0.25) is 0 Å². The fraction of sp³-hybridized carbons (Fsp3) is 0.923. The number of rotatable bonds is 9. The second-order valence-electron chi connectivity index (χ2n) is 4.16. The Balaban J connectivity index is 0. The molecule has 0 rings (SSSR count). The standard InChI is InChI=1S/C13H30N4.HI/c1-5-10-15-13(14-4)16-11-8-9-12-17(6-2)7-3;/h5-12H2,1-4H3,(H2,14,15,16);1H. The minimum atomic E-state index is 0. The average molecular weight is 370 g/mol. The number of aliphatic imine (C=N–C) groups is 1. The molecule has 0 fully saturated rings. The number of guanidine groups is 1. The number of nitrogens with one attached hydrogen (secondary N) is 2. The van der Waals surface area contributed by atoms with E-state index in [0.29, 0.717) is 0 Å². The lowest BCUT2D eigenvalue weighted by atomic mass is 10.3. The van der Waals surface area contributed by atoms with Gasteiger partial charge in [-0.1, -0.05) is 20.8 Å². The lowest BCUT2D eigenvalue weighted by Gasteiger charge is -2.17. The van der Waals surface area contributed by atoms with Gasteiger partial charge in [-0.25, -0.2) is 0 Å². The van der Waals surface area contributed by atoms with Crippen molar-refractivity contribution >= 4 is 29.9 Å². The Kier molecular flexibility index (Phi) is 16.9. The fourth-order valence-electron chi connectivity index (χ4n) is 1.67. The molecule has 0 spiro atoms. The number of unbranched alkanes of at least 4 members (excludes halogenated alkanes) is 1. The molecule has 5 heteroatoms. The van der Waals surface area contributed by atoms with E-state index in [4.69, 9.17) is 0 Å². The molecular formula is C13H31IN4. The van der Waals surface area contributed by atoms with Crippen LogP contribution in [0, 0.1) is 0 Å². The van der Waals surface area contributed by atoms with Crippen LogP contribution < -0.4 is 10.6 Å². The molecule has 0 aliphatic heterocycles. The van der Waals surface area contributed by atoms with Gasteiger partial charge < -0.3 is 15.5 Å². The van der Waals surface area contributed by atoms with Gasteiger partial charge in [0.05, 0.1) is 0 Å². The van der Waals surface area contributed by atoms with E-state index < -0.39 is 0 Å². The zero-order valence-corrected chi connectivity index (χ0v) is 14.8. The van der Waals surface area contributed by atoms with Crippen molar-refractivity contribution in [1.82, 2.24) is 15.5 Å². The Morgan fingerprint density at radius 1 is 1.00 bits per heavy atom. The zero-order valence-electron chi connectivity index (χ0n) is 12.5. The van der Waals surface area contributed by atoms with Crippen molar-refractivity contribution in [2.45, 2.75) is 40.0 Å². The Hall–Kier alpha value is -0.0400. The normalized spacial score (nSPS) is 11.3. The fourth-order valence-corrected chi connectivity index (χ4v) is 1.67. The molecule has 0 aromatic carbocycles. The first-order valence-corrected chi connectivity index (χ1v) is 6.95. The van der Waals surface area contributed by atoms with E-state index >= 15 is 0 Å². The summed E-state index contributed by atoms with van der Waals surface area (Å²) >= 11 is 0. The third-order valence-corrected chi connectivity index (χ3v) is 2.85. The van der Waals surface area contributed by atoms with Gasteiger partial charge in [-0.05, 0) is 38.9 Å². The molecule has 18 heavy (non-hydrogen) atoms. The highest BCUT2D eigenvalue weighted by Crippen LogP contribution is 1.93. The van der Waals surface area contributed by atoms with Crippen molar-refractivity contribution in [2.75, 3.05) is 39.8 Å². The van der Waals surface area contributed by atoms with Gasteiger partial charge in [0, 0.05) is 20.1 Å². The lowest BCUT2D eigenvalue weighted by molar-refractivity contribution is 0.297. The predicted octanol–water partition coefficient (Wildman–Crippen LogP) is 2.30. The van der Waals surface area contributed by atoms with E-state index in [2.05, 4.69) is 41.3 Å². The highest BCUT2D eigenvalue weighted by molar-refractivity contribution is 14.0. The maximum Gasteiger partial charge on any atom is 0.190 e. The first kappa shape index (κ1) is 20.3. The predicted molar refractivity (Wildman–Crippen MR) is 92.1 cm³/mol. The van der Waals surface area contributed by atoms with Crippen molar-refractivity contribution in [2.24, 2.45) is 4.99 Å². The van der Waals surface area contributed by atoms with Crippen molar-refractivity contribution in [3.8, 4) is 0 Å². The van der Waals surface area contributed by atoms with E-state index in [-0.39, 0.29) is 24.0 Å². The molecule has 110 valence electrons. The second kappa shape index (κ2) is 15.0. The molecule has 0 radical (unpaired) electrons. The van der Waals surface area contributed by atoms with E-state index in [1.165, 1.54) is 19.4 Å². The molecule has 0 aliphatic carbocycles. The topological polar surface area (TPSA) is 39.7 Å². The van der Waals surface area contributed by atoms with Gasteiger partial charge in [0.15, 0.2) is 5.96 Å². The monoisotopic (exact) mass is 370 g/mol. The van der Waals surface area contributed by atoms with E-state index in [1.54, 1.807) is 0 Å². The molecule has 0 saturated carbocycles. The van der Waals surface area contributed by atoms with Crippen molar-refractivity contribution in [3.05, 3.63) is 0 Å². The molecule has 0 aliphatic rings. The highest BCUT2D eigenvalue weighted by Gasteiger charge is 1.99. The van der Waals surface area contributed by atoms with Crippen LogP contribution in [0.2, 0.25) is 0 Å². The van der Waals surface area contributed by atoms with Crippen molar-refractivity contribution in [3.63, 3.8) is 0 Å². The van der Waals surface area contributed by atoms with E-state index in [0.717, 1.165) is 38.6 Å². The largest absolute Gasteiger partial charge is 0.356 e. The first-order chi connectivity index (χ1) is 8.28. The molecular weight excluding hydrogens is 339 g/mol. The molecule has 4 nitrogen and oxygen atoms in total. The van der Waals surface area contributed by atoms with Gasteiger partial charge in [0.25, 0.3) is 0 Å². The Bertz CT molecular complexity index is 193. The van der Waals surface area contributed by atoms with Gasteiger partial charge in [-0.2, -0.15) is 0 Å². The third kappa shape index (κ3) is 11.1. The van der Waals surface area contributed by atoms with Crippen LogP contribution in [0.1, 0.15) is 40.0 Å². The number of hydrogen-bond acceptors (Lipinski definition) is 2. The van der Waals surface area contributed by atoms with Crippen LogP contribution in [0.15, 0.2) is 4.99 Å². The highest BCUT2D eigenvalue weighted by atomic mass is 127. The summed E-state index contributed by atoms with van der Waals surface area (Å²) in [5.74, 6) is 0.926. The summed E-state index contributed by atoms with van der Waals surface area (Å²) in [5, 5.41) is 6.60. The second-order valence-corrected chi connectivity index (χ2v) is 4.16. The molecule has 0 atom stereocenters. The minimum Gasteiger partial charge on any atom is -0.356 e. The van der Waals surface area contributed by atoms with Gasteiger partial charge in [-0.15, -0.1) is 24.0 Å². The maximum atomic E-state index is 4.17. The quantitative estimate of drug-likeness (QED) is 0.283. The molecule has 0 aromatic rings. The zero-order chi connectivity index (χ0) is 12.9. The summed E-state index contributed by atoms with van der Waals surface area (Å²) in [4.78, 5) is 6.64. The maximum absolute atomic E-state index is 4.17. The Morgan fingerprint density at radius 3 is 2.11 bits per heavy atom.